The zero-order valence-corrected chi connectivity index (χ0v) is 12.1. The second kappa shape index (κ2) is 6.36. The second-order valence-corrected chi connectivity index (χ2v) is 4.75. The minimum atomic E-state index is -0.488. The molecule has 1 aromatic heterocycles. The van der Waals surface area contributed by atoms with Crippen molar-refractivity contribution in [2.75, 3.05) is 18.1 Å². The van der Waals surface area contributed by atoms with Crippen LogP contribution in [0.25, 0.3) is 0 Å². The highest BCUT2D eigenvalue weighted by molar-refractivity contribution is 5.56. The SMILES string of the molecule is Cc1nc([N+](=O)[O-])c(N(CCO)Cc2ccccc2)n1C. The molecule has 1 N–H and O–H groups in total. The lowest BCUT2D eigenvalue weighted by molar-refractivity contribution is -0.388. The average Bonchev–Trinajstić information content (AvgIpc) is 2.76. The summed E-state index contributed by atoms with van der Waals surface area (Å²) in [4.78, 5) is 16.5. The first-order valence-electron chi connectivity index (χ1n) is 6.62. The molecule has 0 aliphatic rings. The van der Waals surface area contributed by atoms with Crippen molar-refractivity contribution < 1.29 is 10.0 Å². The predicted octanol–water partition coefficient (Wildman–Crippen LogP) is 1.64. The van der Waals surface area contributed by atoms with E-state index < -0.39 is 4.92 Å². The van der Waals surface area contributed by atoms with Gasteiger partial charge in [0.25, 0.3) is 0 Å². The Balaban J connectivity index is 2.40. The van der Waals surface area contributed by atoms with Gasteiger partial charge in [-0.2, -0.15) is 0 Å². The third-order valence-electron chi connectivity index (χ3n) is 3.33. The fraction of sp³-hybridized carbons (Fsp3) is 0.357. The zero-order chi connectivity index (χ0) is 15.4. The van der Waals surface area contributed by atoms with Crippen LogP contribution >= 0.6 is 0 Å². The number of nitrogens with zero attached hydrogens (tertiary/aromatic N) is 4. The molecule has 0 bridgehead atoms. The van der Waals surface area contributed by atoms with E-state index in [1.807, 2.05) is 30.3 Å². The van der Waals surface area contributed by atoms with E-state index in [-0.39, 0.29) is 12.4 Å². The van der Waals surface area contributed by atoms with Crippen LogP contribution in [0.1, 0.15) is 11.4 Å². The van der Waals surface area contributed by atoms with Crippen molar-refractivity contribution in [1.82, 2.24) is 9.55 Å². The van der Waals surface area contributed by atoms with E-state index in [0.717, 1.165) is 5.56 Å². The summed E-state index contributed by atoms with van der Waals surface area (Å²) in [5.74, 6) is 0.794. The molecule has 0 aliphatic carbocycles. The van der Waals surface area contributed by atoms with Crippen LogP contribution < -0.4 is 4.90 Å². The maximum atomic E-state index is 11.2. The van der Waals surface area contributed by atoms with Gasteiger partial charge in [-0.3, -0.25) is 4.57 Å². The zero-order valence-electron chi connectivity index (χ0n) is 12.1. The highest BCUT2D eigenvalue weighted by Gasteiger charge is 2.28. The van der Waals surface area contributed by atoms with E-state index >= 15 is 0 Å². The third kappa shape index (κ3) is 3.19. The lowest BCUT2D eigenvalue weighted by Crippen LogP contribution is -2.28. The van der Waals surface area contributed by atoms with Gasteiger partial charge in [0.2, 0.25) is 11.6 Å². The number of anilines is 1. The van der Waals surface area contributed by atoms with Crippen LogP contribution in [0.4, 0.5) is 11.6 Å². The first kappa shape index (κ1) is 15.0. The van der Waals surface area contributed by atoms with Crippen molar-refractivity contribution >= 4 is 11.6 Å². The quantitative estimate of drug-likeness (QED) is 0.645. The lowest BCUT2D eigenvalue weighted by Gasteiger charge is -2.23. The van der Waals surface area contributed by atoms with Gasteiger partial charge in [0.1, 0.15) is 0 Å². The highest BCUT2D eigenvalue weighted by Crippen LogP contribution is 2.29. The summed E-state index contributed by atoms with van der Waals surface area (Å²) in [5, 5.41) is 20.5. The molecule has 7 heteroatoms. The number of hydrogen-bond acceptors (Lipinski definition) is 5. The number of benzene rings is 1. The van der Waals surface area contributed by atoms with Gasteiger partial charge in [-0.1, -0.05) is 30.3 Å². The molecule has 21 heavy (non-hydrogen) atoms. The van der Waals surface area contributed by atoms with Crippen LogP contribution in [0.2, 0.25) is 0 Å². The van der Waals surface area contributed by atoms with Crippen LogP contribution in [-0.4, -0.2) is 32.7 Å². The topological polar surface area (TPSA) is 84.4 Å². The summed E-state index contributed by atoms with van der Waals surface area (Å²) in [6, 6.07) is 9.63. The molecule has 2 aromatic rings. The Labute approximate surface area is 122 Å². The lowest BCUT2D eigenvalue weighted by atomic mass is 10.2. The summed E-state index contributed by atoms with van der Waals surface area (Å²) < 4.78 is 1.68. The van der Waals surface area contributed by atoms with Crippen LogP contribution in [0.3, 0.4) is 0 Å². The van der Waals surface area contributed by atoms with Gasteiger partial charge in [-0.05, 0) is 15.5 Å². The Morgan fingerprint density at radius 1 is 1.38 bits per heavy atom. The monoisotopic (exact) mass is 290 g/mol. The van der Waals surface area contributed by atoms with Crippen molar-refractivity contribution in [1.29, 1.82) is 0 Å². The minimum absolute atomic E-state index is 0.0891. The van der Waals surface area contributed by atoms with E-state index in [9.17, 15) is 15.2 Å². The molecular weight excluding hydrogens is 272 g/mol. The molecule has 0 atom stereocenters. The maximum Gasteiger partial charge on any atom is 0.406 e. The average molecular weight is 290 g/mol. The fourth-order valence-electron chi connectivity index (χ4n) is 2.24. The Morgan fingerprint density at radius 3 is 2.62 bits per heavy atom. The van der Waals surface area contributed by atoms with Crippen LogP contribution in [0.15, 0.2) is 30.3 Å². The van der Waals surface area contributed by atoms with Crippen LogP contribution in [-0.2, 0) is 13.6 Å². The third-order valence-corrected chi connectivity index (χ3v) is 3.33. The van der Waals surface area contributed by atoms with Crippen molar-refractivity contribution in [2.45, 2.75) is 13.5 Å². The molecule has 0 saturated heterocycles. The Morgan fingerprint density at radius 2 is 2.05 bits per heavy atom. The van der Waals surface area contributed by atoms with Gasteiger partial charge < -0.3 is 20.1 Å². The van der Waals surface area contributed by atoms with Crippen molar-refractivity contribution in [3.63, 3.8) is 0 Å². The first-order valence-corrected chi connectivity index (χ1v) is 6.62. The Bertz CT molecular complexity index is 625. The number of nitro groups is 1. The molecule has 0 amide bonds. The van der Waals surface area contributed by atoms with E-state index in [1.165, 1.54) is 0 Å². The Kier molecular flexibility index (Phi) is 4.54. The number of hydrogen-bond donors (Lipinski definition) is 1. The predicted molar refractivity (Wildman–Crippen MR) is 79.2 cm³/mol. The van der Waals surface area contributed by atoms with Crippen molar-refractivity contribution in [2.24, 2.45) is 7.05 Å². The molecule has 1 aromatic carbocycles. The van der Waals surface area contributed by atoms with E-state index in [1.54, 1.807) is 23.4 Å². The molecule has 1 heterocycles. The number of aryl methyl sites for hydroxylation is 1. The molecule has 2 rings (SSSR count). The molecule has 0 saturated carbocycles. The van der Waals surface area contributed by atoms with Gasteiger partial charge in [0.15, 0.2) is 0 Å². The number of rotatable bonds is 6. The fourth-order valence-corrected chi connectivity index (χ4v) is 2.24. The number of imidazole rings is 1. The molecule has 0 radical (unpaired) electrons. The summed E-state index contributed by atoms with van der Waals surface area (Å²) in [6.07, 6.45) is 0. The highest BCUT2D eigenvalue weighted by atomic mass is 16.6. The molecule has 7 nitrogen and oxygen atoms in total. The van der Waals surface area contributed by atoms with Gasteiger partial charge in [0, 0.05) is 27.1 Å². The second-order valence-electron chi connectivity index (χ2n) is 4.75. The molecule has 0 fully saturated rings. The molecule has 0 aliphatic heterocycles. The normalized spacial score (nSPS) is 10.6. The van der Waals surface area contributed by atoms with Gasteiger partial charge in [-0.15, -0.1) is 0 Å². The van der Waals surface area contributed by atoms with Gasteiger partial charge in [0.05, 0.1) is 6.61 Å². The largest absolute Gasteiger partial charge is 0.406 e. The van der Waals surface area contributed by atoms with Crippen molar-refractivity contribution in [3.05, 3.63) is 51.8 Å². The number of aromatic nitrogens is 2. The Hall–Kier alpha value is -2.41. The first-order chi connectivity index (χ1) is 10.0. The van der Waals surface area contributed by atoms with Crippen LogP contribution in [0, 0.1) is 17.0 Å². The van der Waals surface area contributed by atoms with Crippen LogP contribution in [0.5, 0.6) is 0 Å². The maximum absolute atomic E-state index is 11.2. The standard InChI is InChI=1S/C14H18N4O3/c1-11-15-13(18(20)21)14(16(11)2)17(8-9-19)10-12-6-4-3-5-7-12/h3-7,19H,8-10H2,1-2H3. The number of aliphatic hydroxyl groups is 1. The minimum Gasteiger partial charge on any atom is -0.395 e. The smallest absolute Gasteiger partial charge is 0.395 e. The summed E-state index contributed by atoms with van der Waals surface area (Å²) >= 11 is 0. The molecule has 0 spiro atoms. The molecular formula is C14H18N4O3. The summed E-state index contributed by atoms with van der Waals surface area (Å²) in [6.45, 7) is 2.40. The van der Waals surface area contributed by atoms with Gasteiger partial charge in [-0.25, -0.2) is 0 Å². The molecule has 0 unspecified atom stereocenters. The molecule has 112 valence electrons. The van der Waals surface area contributed by atoms with Crippen molar-refractivity contribution in [3.8, 4) is 0 Å². The van der Waals surface area contributed by atoms with E-state index in [2.05, 4.69) is 4.98 Å². The van der Waals surface area contributed by atoms with E-state index in [4.69, 9.17) is 0 Å². The number of aliphatic hydroxyl groups excluding tert-OH is 1. The van der Waals surface area contributed by atoms with E-state index in [0.29, 0.717) is 24.7 Å². The van der Waals surface area contributed by atoms with Gasteiger partial charge >= 0.3 is 5.82 Å². The summed E-state index contributed by atoms with van der Waals surface area (Å²) in [7, 11) is 1.74. The summed E-state index contributed by atoms with van der Waals surface area (Å²) in [5.41, 5.74) is 1.01.